The van der Waals surface area contributed by atoms with Crippen LogP contribution in [0.3, 0.4) is 0 Å². The number of imidazole rings is 1. The number of benzene rings is 1. The van der Waals surface area contributed by atoms with Crippen molar-refractivity contribution in [3.05, 3.63) is 71.8 Å². The molecule has 6 nitrogen and oxygen atoms in total. The second-order valence-corrected chi connectivity index (χ2v) is 6.73. The Bertz CT molecular complexity index is 959. The van der Waals surface area contributed by atoms with Gasteiger partial charge in [-0.1, -0.05) is 36.4 Å². The molecule has 0 unspecified atom stereocenters. The van der Waals surface area contributed by atoms with Gasteiger partial charge in [0.05, 0.1) is 5.52 Å². The predicted molar refractivity (Wildman–Crippen MR) is 103 cm³/mol. The van der Waals surface area contributed by atoms with E-state index in [1.54, 1.807) is 15.5 Å². The molecule has 3 heterocycles. The van der Waals surface area contributed by atoms with Crippen LogP contribution in [0.25, 0.3) is 5.52 Å². The van der Waals surface area contributed by atoms with E-state index < -0.39 is 0 Å². The fourth-order valence-electron chi connectivity index (χ4n) is 3.47. The maximum Gasteiger partial charge on any atom is 0.290 e. The first-order valence-electron chi connectivity index (χ1n) is 9.32. The maximum absolute atomic E-state index is 12.8. The van der Waals surface area contributed by atoms with E-state index in [0.29, 0.717) is 23.6 Å². The van der Waals surface area contributed by atoms with Crippen LogP contribution in [0.5, 0.6) is 0 Å². The molecule has 1 saturated heterocycles. The molecule has 0 radical (unpaired) electrons. The van der Waals surface area contributed by atoms with Gasteiger partial charge in [-0.2, -0.15) is 0 Å². The van der Waals surface area contributed by atoms with Crippen molar-refractivity contribution in [3.63, 3.8) is 0 Å². The summed E-state index contributed by atoms with van der Waals surface area (Å²) in [6, 6.07) is 15.5. The van der Waals surface area contributed by atoms with Gasteiger partial charge in [0.2, 0.25) is 5.82 Å². The number of hydrogen-bond acceptors (Lipinski definition) is 3. The summed E-state index contributed by atoms with van der Waals surface area (Å²) in [4.78, 5) is 31.7. The highest BCUT2D eigenvalue weighted by Crippen LogP contribution is 2.17. The summed E-state index contributed by atoms with van der Waals surface area (Å²) in [7, 11) is 0. The van der Waals surface area contributed by atoms with Gasteiger partial charge >= 0.3 is 0 Å². The monoisotopic (exact) mass is 362 g/mol. The Morgan fingerprint density at radius 3 is 2.52 bits per heavy atom. The Morgan fingerprint density at radius 2 is 1.74 bits per heavy atom. The second-order valence-electron chi connectivity index (χ2n) is 6.73. The summed E-state index contributed by atoms with van der Waals surface area (Å²) in [6.07, 6.45) is 4.56. The average Bonchev–Trinajstić information content (AvgIpc) is 3.37. The summed E-state index contributed by atoms with van der Waals surface area (Å²) in [5.74, 6) is -0.0622. The summed E-state index contributed by atoms with van der Waals surface area (Å²) in [5, 5.41) is 2.92. The molecule has 0 bridgehead atoms. The van der Waals surface area contributed by atoms with Crippen LogP contribution in [-0.2, 0) is 6.42 Å². The molecule has 0 aliphatic carbocycles. The number of amides is 2. The zero-order chi connectivity index (χ0) is 18.6. The lowest BCUT2D eigenvalue weighted by Gasteiger charge is -2.13. The van der Waals surface area contributed by atoms with Gasteiger partial charge < -0.3 is 10.2 Å². The molecular weight excluding hydrogens is 340 g/mol. The molecule has 4 rings (SSSR count). The Balaban J connectivity index is 1.54. The van der Waals surface area contributed by atoms with Crippen LogP contribution in [-0.4, -0.2) is 45.7 Å². The molecule has 1 aliphatic rings. The summed E-state index contributed by atoms with van der Waals surface area (Å²) < 4.78 is 1.72. The normalized spacial score (nSPS) is 13.9. The van der Waals surface area contributed by atoms with Crippen molar-refractivity contribution in [2.45, 2.75) is 19.3 Å². The first-order valence-corrected chi connectivity index (χ1v) is 9.32. The van der Waals surface area contributed by atoms with Gasteiger partial charge in [-0.3, -0.25) is 14.0 Å². The third-order valence-corrected chi connectivity index (χ3v) is 4.89. The third-order valence-electron chi connectivity index (χ3n) is 4.89. The summed E-state index contributed by atoms with van der Waals surface area (Å²) in [5.41, 5.74) is 2.11. The number of fused-ring (bicyclic) bond motifs is 1. The van der Waals surface area contributed by atoms with Crippen LogP contribution < -0.4 is 5.32 Å². The molecule has 2 amide bonds. The molecule has 0 atom stereocenters. The molecule has 3 aromatic rings. The van der Waals surface area contributed by atoms with E-state index in [-0.39, 0.29) is 11.8 Å². The first-order chi connectivity index (χ1) is 13.2. The zero-order valence-corrected chi connectivity index (χ0v) is 15.1. The van der Waals surface area contributed by atoms with Crippen LogP contribution in [0.2, 0.25) is 0 Å². The van der Waals surface area contributed by atoms with Gasteiger partial charge in [0.1, 0.15) is 0 Å². The van der Waals surface area contributed by atoms with Crippen molar-refractivity contribution in [1.29, 1.82) is 0 Å². The van der Waals surface area contributed by atoms with Gasteiger partial charge in [0.15, 0.2) is 5.69 Å². The molecule has 2 aromatic heterocycles. The number of carbonyl (C=O) groups excluding carboxylic acids is 2. The fraction of sp³-hybridized carbons (Fsp3) is 0.286. The van der Waals surface area contributed by atoms with Crippen LogP contribution in [0, 0.1) is 0 Å². The minimum absolute atomic E-state index is 0.114. The van der Waals surface area contributed by atoms with E-state index in [4.69, 9.17) is 0 Å². The quantitative estimate of drug-likeness (QED) is 0.758. The van der Waals surface area contributed by atoms with Gasteiger partial charge in [0.25, 0.3) is 11.8 Å². The lowest BCUT2D eigenvalue weighted by Crippen LogP contribution is -2.29. The second kappa shape index (κ2) is 7.61. The van der Waals surface area contributed by atoms with Crippen LogP contribution >= 0.6 is 0 Å². The highest BCUT2D eigenvalue weighted by atomic mass is 16.2. The van der Waals surface area contributed by atoms with Crippen molar-refractivity contribution in [1.82, 2.24) is 19.6 Å². The smallest absolute Gasteiger partial charge is 0.290 e. The van der Waals surface area contributed by atoms with E-state index in [0.717, 1.165) is 37.9 Å². The van der Waals surface area contributed by atoms with Crippen LogP contribution in [0.4, 0.5) is 0 Å². The molecule has 27 heavy (non-hydrogen) atoms. The summed E-state index contributed by atoms with van der Waals surface area (Å²) in [6.45, 7) is 2.02. The van der Waals surface area contributed by atoms with Crippen molar-refractivity contribution < 1.29 is 9.59 Å². The molecule has 6 heteroatoms. The molecule has 1 aromatic carbocycles. The lowest BCUT2D eigenvalue weighted by molar-refractivity contribution is 0.0780. The van der Waals surface area contributed by atoms with Crippen molar-refractivity contribution in [2.75, 3.05) is 19.6 Å². The lowest BCUT2D eigenvalue weighted by atomic mass is 10.1. The predicted octanol–water partition coefficient (Wildman–Crippen LogP) is 2.54. The van der Waals surface area contributed by atoms with E-state index in [9.17, 15) is 9.59 Å². The number of nitrogens with one attached hydrogen (secondary N) is 1. The molecule has 1 aliphatic heterocycles. The van der Waals surface area contributed by atoms with E-state index in [2.05, 4.69) is 10.3 Å². The number of rotatable bonds is 5. The largest absolute Gasteiger partial charge is 0.350 e. The maximum atomic E-state index is 12.8. The van der Waals surface area contributed by atoms with Gasteiger partial charge in [0, 0.05) is 25.8 Å². The topological polar surface area (TPSA) is 66.7 Å². The number of nitrogens with zero attached hydrogens (tertiary/aromatic N) is 3. The SMILES string of the molecule is O=C(NCCc1ccccc1)c1nc(C(=O)N2CCCC2)n2ccccc12. The first kappa shape index (κ1) is 17.3. The highest BCUT2D eigenvalue weighted by Gasteiger charge is 2.26. The van der Waals surface area contributed by atoms with E-state index >= 15 is 0 Å². The van der Waals surface area contributed by atoms with E-state index in [1.165, 1.54) is 0 Å². The van der Waals surface area contributed by atoms with Crippen LogP contribution in [0.1, 0.15) is 39.5 Å². The fourth-order valence-corrected chi connectivity index (χ4v) is 3.47. The Hall–Kier alpha value is -3.15. The number of likely N-dealkylation sites (tertiary alicyclic amines) is 1. The number of hydrogen-bond donors (Lipinski definition) is 1. The Kier molecular flexibility index (Phi) is 4.87. The van der Waals surface area contributed by atoms with Gasteiger partial charge in [-0.25, -0.2) is 4.98 Å². The number of pyridine rings is 1. The minimum atomic E-state index is -0.255. The molecule has 1 N–H and O–H groups in total. The van der Waals surface area contributed by atoms with Gasteiger partial charge in [-0.05, 0) is 37.0 Å². The third kappa shape index (κ3) is 3.56. The Labute approximate surface area is 157 Å². The minimum Gasteiger partial charge on any atom is -0.350 e. The standard InChI is InChI=1S/C21H22N4O2/c26-20(22-12-11-16-8-2-1-3-9-16)18-17-10-4-5-15-25(17)19(23-18)21(27)24-13-6-7-14-24/h1-5,8-10,15H,6-7,11-14H2,(H,22,26). The van der Waals surface area contributed by atoms with Crippen molar-refractivity contribution in [2.24, 2.45) is 0 Å². The highest BCUT2D eigenvalue weighted by molar-refractivity contribution is 6.02. The Morgan fingerprint density at radius 1 is 1.00 bits per heavy atom. The number of carbonyl (C=O) groups is 2. The molecule has 1 fully saturated rings. The van der Waals surface area contributed by atoms with Crippen molar-refractivity contribution >= 4 is 17.3 Å². The van der Waals surface area contributed by atoms with Crippen LogP contribution in [0.15, 0.2) is 54.7 Å². The molecular formula is C21H22N4O2. The molecule has 0 spiro atoms. The zero-order valence-electron chi connectivity index (χ0n) is 15.1. The van der Waals surface area contributed by atoms with Gasteiger partial charge in [-0.15, -0.1) is 0 Å². The number of aromatic nitrogens is 2. The van der Waals surface area contributed by atoms with Crippen molar-refractivity contribution in [3.8, 4) is 0 Å². The average molecular weight is 362 g/mol. The summed E-state index contributed by atoms with van der Waals surface area (Å²) >= 11 is 0. The molecule has 138 valence electrons. The van der Waals surface area contributed by atoms with E-state index in [1.807, 2.05) is 48.5 Å². The molecule has 0 saturated carbocycles.